The number of rotatable bonds is 2. The molecular formula is C4H2AgCuO4+. The summed E-state index contributed by atoms with van der Waals surface area (Å²) in [7, 11) is 0. The summed E-state index contributed by atoms with van der Waals surface area (Å²) in [6.45, 7) is 0. The predicted molar refractivity (Wildman–Crippen MR) is 19.2 cm³/mol. The minimum Gasteiger partial charge on any atom is -0.545 e. The Labute approximate surface area is 83.3 Å². The van der Waals surface area contributed by atoms with Crippen LogP contribution in [0, 0.1) is 0 Å². The Morgan fingerprint density at radius 1 is 1.00 bits per heavy atom. The molecule has 0 bridgehead atoms. The van der Waals surface area contributed by atoms with Gasteiger partial charge in [0.05, 0.1) is 11.9 Å². The zero-order valence-corrected chi connectivity index (χ0v) is 6.81. The summed E-state index contributed by atoms with van der Waals surface area (Å²) in [4.78, 5) is 18.8. The molecule has 0 aromatic rings. The third-order valence-corrected chi connectivity index (χ3v) is 0.355. The van der Waals surface area contributed by atoms with Crippen molar-refractivity contribution in [3.63, 3.8) is 0 Å². The molecule has 0 aliphatic carbocycles. The molecule has 0 rings (SSSR count). The first-order valence-corrected chi connectivity index (χ1v) is 1.73. The first-order chi connectivity index (χ1) is 3.63. The largest absolute Gasteiger partial charge is 2.00 e. The number of carboxylic acids is 2. The first-order valence-electron chi connectivity index (χ1n) is 1.73. The molecule has 0 unspecified atom stereocenters. The van der Waals surface area contributed by atoms with Crippen LogP contribution in [0.1, 0.15) is 0 Å². The molecule has 0 spiro atoms. The standard InChI is InChI=1S/C4H4O4.Ag.Cu/c5-3(6)1-2-4(7)8;;/h1-2H,(H,5,6)(H,7,8);;/q;+1;+2/p-2. The fraction of sp³-hybridized carbons (Fsp3) is 0. The minimum atomic E-state index is -1.55. The van der Waals surface area contributed by atoms with Gasteiger partial charge in [-0.15, -0.1) is 0 Å². The van der Waals surface area contributed by atoms with E-state index in [1.54, 1.807) is 0 Å². The van der Waals surface area contributed by atoms with Crippen LogP contribution in [-0.2, 0) is 49.0 Å². The van der Waals surface area contributed by atoms with Crippen molar-refractivity contribution in [3.05, 3.63) is 12.2 Å². The van der Waals surface area contributed by atoms with E-state index in [9.17, 15) is 19.8 Å². The number of hydrogen-bond acceptors (Lipinski definition) is 4. The second kappa shape index (κ2) is 8.94. The molecular weight excluding hydrogens is 283 g/mol. The van der Waals surface area contributed by atoms with Crippen LogP contribution in [0.4, 0.5) is 0 Å². The summed E-state index contributed by atoms with van der Waals surface area (Å²) < 4.78 is 0. The molecule has 6 heteroatoms. The van der Waals surface area contributed by atoms with Gasteiger partial charge in [0.15, 0.2) is 0 Å². The van der Waals surface area contributed by atoms with Gasteiger partial charge in [-0.05, 0) is 12.2 Å². The van der Waals surface area contributed by atoms with E-state index in [4.69, 9.17) is 0 Å². The molecule has 0 amide bonds. The van der Waals surface area contributed by atoms with Gasteiger partial charge in [-0.25, -0.2) is 0 Å². The van der Waals surface area contributed by atoms with Gasteiger partial charge in [0.1, 0.15) is 0 Å². The Balaban J connectivity index is -0.000000245. The van der Waals surface area contributed by atoms with E-state index in [1.165, 1.54) is 0 Å². The van der Waals surface area contributed by atoms with Crippen LogP contribution < -0.4 is 10.2 Å². The Hall–Kier alpha value is -0.0603. The molecule has 1 radical (unpaired) electrons. The average Bonchev–Trinajstić information content (AvgIpc) is 1.61. The van der Waals surface area contributed by atoms with Crippen LogP contribution >= 0.6 is 0 Å². The van der Waals surface area contributed by atoms with Gasteiger partial charge < -0.3 is 19.8 Å². The fourth-order valence-electron chi connectivity index (χ4n) is 0.136. The average molecular weight is 285 g/mol. The molecule has 0 N–H and O–H groups in total. The first kappa shape index (κ1) is 16.5. The normalized spacial score (nSPS) is 7.60. The Morgan fingerprint density at radius 2 is 1.20 bits per heavy atom. The summed E-state index contributed by atoms with van der Waals surface area (Å²) in [5, 5.41) is 18.8. The van der Waals surface area contributed by atoms with Gasteiger partial charge in [0, 0.05) is 0 Å². The monoisotopic (exact) mass is 284 g/mol. The molecule has 0 heterocycles. The Kier molecular flexibility index (Phi) is 14.7. The van der Waals surface area contributed by atoms with Crippen molar-refractivity contribution in [2.24, 2.45) is 0 Å². The number of carbonyl (C=O) groups is 2. The van der Waals surface area contributed by atoms with Gasteiger partial charge in [-0.3, -0.25) is 0 Å². The second-order valence-corrected chi connectivity index (χ2v) is 0.971. The van der Waals surface area contributed by atoms with Crippen LogP contribution in [0.2, 0.25) is 0 Å². The SMILES string of the molecule is O=C([O-])C=CC(=O)[O-].[Ag+].[Cu+2]. The van der Waals surface area contributed by atoms with Crippen LogP contribution in [-0.4, -0.2) is 11.9 Å². The van der Waals surface area contributed by atoms with Gasteiger partial charge in [0.2, 0.25) is 0 Å². The quantitative estimate of drug-likeness (QED) is 0.401. The summed E-state index contributed by atoms with van der Waals surface area (Å²) >= 11 is 0. The topological polar surface area (TPSA) is 80.3 Å². The molecule has 0 saturated carbocycles. The summed E-state index contributed by atoms with van der Waals surface area (Å²) in [6, 6.07) is 0. The third-order valence-electron chi connectivity index (χ3n) is 0.355. The molecule has 0 saturated heterocycles. The van der Waals surface area contributed by atoms with E-state index in [1.807, 2.05) is 0 Å². The van der Waals surface area contributed by atoms with E-state index < -0.39 is 11.9 Å². The van der Waals surface area contributed by atoms with Gasteiger partial charge in [-0.2, -0.15) is 0 Å². The Bertz CT molecular complexity index is 128. The van der Waals surface area contributed by atoms with E-state index in [0.717, 1.165) is 0 Å². The zero-order chi connectivity index (χ0) is 6.57. The van der Waals surface area contributed by atoms with Crippen molar-refractivity contribution < 1.29 is 59.3 Å². The fourth-order valence-corrected chi connectivity index (χ4v) is 0.136. The van der Waals surface area contributed by atoms with Crippen LogP contribution in [0.5, 0.6) is 0 Å². The number of aliphatic carboxylic acids is 2. The van der Waals surface area contributed by atoms with Crippen molar-refractivity contribution in [1.82, 2.24) is 0 Å². The maximum atomic E-state index is 9.41. The van der Waals surface area contributed by atoms with Crippen molar-refractivity contribution in [2.45, 2.75) is 0 Å². The second-order valence-electron chi connectivity index (χ2n) is 0.971. The van der Waals surface area contributed by atoms with Crippen molar-refractivity contribution in [3.8, 4) is 0 Å². The maximum Gasteiger partial charge on any atom is 2.00 e. The van der Waals surface area contributed by atoms with Crippen LogP contribution in [0.15, 0.2) is 12.2 Å². The molecule has 0 aliphatic heterocycles. The van der Waals surface area contributed by atoms with Crippen molar-refractivity contribution in [1.29, 1.82) is 0 Å². The molecule has 10 heavy (non-hydrogen) atoms. The van der Waals surface area contributed by atoms with Gasteiger partial charge >= 0.3 is 39.4 Å². The van der Waals surface area contributed by atoms with Gasteiger partial charge in [-0.1, -0.05) is 0 Å². The van der Waals surface area contributed by atoms with Crippen LogP contribution in [0.3, 0.4) is 0 Å². The molecule has 0 aliphatic rings. The number of hydrogen-bond donors (Lipinski definition) is 0. The molecule has 0 atom stereocenters. The summed E-state index contributed by atoms with van der Waals surface area (Å²) in [6.07, 6.45) is 0.769. The Morgan fingerprint density at radius 3 is 1.30 bits per heavy atom. The maximum absolute atomic E-state index is 9.41. The van der Waals surface area contributed by atoms with E-state index in [2.05, 4.69) is 0 Å². The number of carbonyl (C=O) groups excluding carboxylic acids is 2. The number of carboxylic acid groups (broad SMARTS) is 2. The van der Waals surface area contributed by atoms with Gasteiger partial charge in [0.25, 0.3) is 0 Å². The minimum absolute atomic E-state index is 0. The third kappa shape index (κ3) is 15.7. The molecule has 0 fully saturated rings. The van der Waals surface area contributed by atoms with E-state index in [-0.39, 0.29) is 39.4 Å². The molecule has 63 valence electrons. The van der Waals surface area contributed by atoms with Crippen molar-refractivity contribution >= 4 is 11.9 Å². The van der Waals surface area contributed by atoms with E-state index in [0.29, 0.717) is 12.2 Å². The summed E-state index contributed by atoms with van der Waals surface area (Å²) in [5.74, 6) is -3.09. The van der Waals surface area contributed by atoms with E-state index >= 15 is 0 Å². The van der Waals surface area contributed by atoms with Crippen LogP contribution in [0.25, 0.3) is 0 Å². The summed E-state index contributed by atoms with van der Waals surface area (Å²) in [5.41, 5.74) is 0. The predicted octanol–water partition coefficient (Wildman–Crippen LogP) is -2.96. The zero-order valence-electron chi connectivity index (χ0n) is 4.39. The molecule has 4 nitrogen and oxygen atoms in total. The molecule has 0 aromatic heterocycles. The molecule has 0 aromatic carbocycles. The van der Waals surface area contributed by atoms with Crippen molar-refractivity contribution in [2.75, 3.05) is 0 Å². The smallest absolute Gasteiger partial charge is 0.545 e.